The van der Waals surface area contributed by atoms with Crippen LogP contribution in [0.4, 0.5) is 4.39 Å². The molecule has 1 atom stereocenters. The number of unbranched alkanes of at least 4 members (excludes halogenated alkanes) is 6. The maximum absolute atomic E-state index is 13.8. The fourth-order valence-electron chi connectivity index (χ4n) is 2.65. The summed E-state index contributed by atoms with van der Waals surface area (Å²) in [6.07, 6.45) is 11.0. The van der Waals surface area contributed by atoms with Gasteiger partial charge in [-0.3, -0.25) is 0 Å². The van der Waals surface area contributed by atoms with Crippen LogP contribution in [0.1, 0.15) is 63.9 Å². The Morgan fingerprint density at radius 1 is 1.10 bits per heavy atom. The van der Waals surface area contributed by atoms with Crippen molar-refractivity contribution in [3.05, 3.63) is 34.6 Å². The summed E-state index contributed by atoms with van der Waals surface area (Å²) < 4.78 is 13.8. The Balaban J connectivity index is 2.25. The van der Waals surface area contributed by atoms with Gasteiger partial charge in [-0.2, -0.15) is 0 Å². The smallest absolute Gasteiger partial charge is 0.127 e. The van der Waals surface area contributed by atoms with Crippen molar-refractivity contribution in [1.82, 2.24) is 5.32 Å². The Labute approximate surface area is 134 Å². The minimum atomic E-state index is -0.192. The lowest BCUT2D eigenvalue weighted by Gasteiger charge is -2.16. The maximum Gasteiger partial charge on any atom is 0.127 e. The molecule has 0 bridgehead atoms. The van der Waals surface area contributed by atoms with Crippen molar-refractivity contribution in [2.75, 3.05) is 7.05 Å². The lowest BCUT2D eigenvalue weighted by molar-refractivity contribution is 0.470. The molecule has 1 nitrogen and oxygen atoms in total. The first-order valence-corrected chi connectivity index (χ1v) is 8.66. The van der Waals surface area contributed by atoms with Crippen LogP contribution in [-0.2, 0) is 6.42 Å². The third kappa shape index (κ3) is 7.82. The van der Waals surface area contributed by atoms with Gasteiger partial charge in [0.2, 0.25) is 0 Å². The molecule has 1 aromatic carbocycles. The SMILES string of the molecule is CCCCCCCCCC(Cc1ccc(Cl)cc1F)NC. The lowest BCUT2D eigenvalue weighted by atomic mass is 9.99. The topological polar surface area (TPSA) is 12.0 Å². The molecule has 0 spiro atoms. The minimum Gasteiger partial charge on any atom is -0.317 e. The average molecular weight is 314 g/mol. The van der Waals surface area contributed by atoms with Gasteiger partial charge in [-0.15, -0.1) is 0 Å². The van der Waals surface area contributed by atoms with Crippen LogP contribution in [-0.4, -0.2) is 13.1 Å². The predicted octanol–water partition coefficient (Wildman–Crippen LogP) is 5.75. The van der Waals surface area contributed by atoms with Gasteiger partial charge < -0.3 is 5.32 Å². The molecule has 0 saturated heterocycles. The van der Waals surface area contributed by atoms with E-state index in [4.69, 9.17) is 11.6 Å². The second kappa shape index (κ2) is 11.0. The van der Waals surface area contributed by atoms with Crippen molar-refractivity contribution in [1.29, 1.82) is 0 Å². The summed E-state index contributed by atoms with van der Waals surface area (Å²) in [5.41, 5.74) is 0.752. The van der Waals surface area contributed by atoms with Crippen LogP contribution in [0.15, 0.2) is 18.2 Å². The molecule has 0 heterocycles. The summed E-state index contributed by atoms with van der Waals surface area (Å²) >= 11 is 5.79. The van der Waals surface area contributed by atoms with E-state index in [-0.39, 0.29) is 5.82 Å². The van der Waals surface area contributed by atoms with Crippen molar-refractivity contribution in [3.8, 4) is 0 Å². The molecule has 0 amide bonds. The monoisotopic (exact) mass is 313 g/mol. The highest BCUT2D eigenvalue weighted by Crippen LogP contribution is 2.18. The van der Waals surface area contributed by atoms with E-state index < -0.39 is 0 Å². The Morgan fingerprint density at radius 3 is 2.38 bits per heavy atom. The van der Waals surface area contributed by atoms with Gasteiger partial charge >= 0.3 is 0 Å². The van der Waals surface area contributed by atoms with Gasteiger partial charge in [-0.25, -0.2) is 4.39 Å². The number of halogens is 2. The Morgan fingerprint density at radius 2 is 1.76 bits per heavy atom. The van der Waals surface area contributed by atoms with Crippen molar-refractivity contribution in [2.24, 2.45) is 0 Å². The first kappa shape index (κ1) is 18.4. The quantitative estimate of drug-likeness (QED) is 0.513. The highest BCUT2D eigenvalue weighted by Gasteiger charge is 2.10. The van der Waals surface area contributed by atoms with Crippen LogP contribution in [0, 0.1) is 5.82 Å². The molecular formula is C18H29ClFN. The molecule has 0 aromatic heterocycles. The van der Waals surface area contributed by atoms with E-state index in [1.165, 1.54) is 51.0 Å². The fourth-order valence-corrected chi connectivity index (χ4v) is 2.81. The molecule has 1 N–H and O–H groups in total. The average Bonchev–Trinajstić information content (AvgIpc) is 2.47. The van der Waals surface area contributed by atoms with Gasteiger partial charge in [0.1, 0.15) is 5.82 Å². The van der Waals surface area contributed by atoms with Gasteiger partial charge in [0.15, 0.2) is 0 Å². The molecule has 120 valence electrons. The van der Waals surface area contributed by atoms with Crippen LogP contribution < -0.4 is 5.32 Å². The minimum absolute atomic E-state index is 0.192. The predicted molar refractivity (Wildman–Crippen MR) is 90.6 cm³/mol. The number of hydrogen-bond acceptors (Lipinski definition) is 1. The molecule has 1 aromatic rings. The van der Waals surface area contributed by atoms with E-state index in [2.05, 4.69) is 12.2 Å². The third-order valence-corrected chi connectivity index (χ3v) is 4.28. The van der Waals surface area contributed by atoms with Crippen molar-refractivity contribution in [3.63, 3.8) is 0 Å². The zero-order chi connectivity index (χ0) is 15.5. The standard InChI is InChI=1S/C18H29ClFN/c1-3-4-5-6-7-8-9-10-17(21-2)13-15-11-12-16(19)14-18(15)20/h11-12,14,17,21H,3-10,13H2,1-2H3. The summed E-state index contributed by atoms with van der Waals surface area (Å²) in [5.74, 6) is -0.192. The second-order valence-electron chi connectivity index (χ2n) is 5.84. The molecule has 0 fully saturated rings. The number of benzene rings is 1. The first-order valence-electron chi connectivity index (χ1n) is 8.28. The summed E-state index contributed by atoms with van der Waals surface area (Å²) in [6.45, 7) is 2.24. The lowest BCUT2D eigenvalue weighted by Crippen LogP contribution is -2.27. The van der Waals surface area contributed by atoms with Gasteiger partial charge in [0, 0.05) is 11.1 Å². The van der Waals surface area contributed by atoms with Crippen molar-refractivity contribution < 1.29 is 4.39 Å². The molecule has 1 unspecified atom stereocenters. The van der Waals surface area contributed by atoms with E-state index in [1.807, 2.05) is 7.05 Å². The molecule has 0 radical (unpaired) electrons. The third-order valence-electron chi connectivity index (χ3n) is 4.05. The Kier molecular flexibility index (Phi) is 9.69. The molecule has 0 aliphatic carbocycles. The Hall–Kier alpha value is -0.600. The normalized spacial score (nSPS) is 12.6. The largest absolute Gasteiger partial charge is 0.317 e. The fraction of sp³-hybridized carbons (Fsp3) is 0.667. The summed E-state index contributed by atoms with van der Waals surface area (Å²) in [7, 11) is 1.96. The van der Waals surface area contributed by atoms with Crippen LogP contribution in [0.5, 0.6) is 0 Å². The first-order chi connectivity index (χ1) is 10.2. The number of hydrogen-bond donors (Lipinski definition) is 1. The van der Waals surface area contributed by atoms with E-state index in [9.17, 15) is 4.39 Å². The molecule has 0 aliphatic heterocycles. The molecule has 3 heteroatoms. The van der Waals surface area contributed by atoms with E-state index in [1.54, 1.807) is 12.1 Å². The van der Waals surface area contributed by atoms with Gasteiger partial charge in [-0.05, 0) is 37.6 Å². The molecule has 21 heavy (non-hydrogen) atoms. The van der Waals surface area contributed by atoms with Crippen LogP contribution >= 0.6 is 11.6 Å². The van der Waals surface area contributed by atoms with E-state index in [0.29, 0.717) is 11.1 Å². The highest BCUT2D eigenvalue weighted by molar-refractivity contribution is 6.30. The zero-order valence-corrected chi connectivity index (χ0v) is 14.2. The molecule has 0 aliphatic rings. The number of likely N-dealkylation sites (N-methyl/N-ethyl adjacent to an activating group) is 1. The maximum atomic E-state index is 13.8. The molecule has 1 rings (SSSR count). The number of rotatable bonds is 11. The Bertz CT molecular complexity index is 395. The summed E-state index contributed by atoms with van der Waals surface area (Å²) in [6, 6.07) is 5.31. The van der Waals surface area contributed by atoms with Gasteiger partial charge in [0.25, 0.3) is 0 Å². The molecule has 0 saturated carbocycles. The zero-order valence-electron chi connectivity index (χ0n) is 13.4. The van der Waals surface area contributed by atoms with E-state index in [0.717, 1.165) is 18.4 Å². The highest BCUT2D eigenvalue weighted by atomic mass is 35.5. The van der Waals surface area contributed by atoms with E-state index >= 15 is 0 Å². The van der Waals surface area contributed by atoms with Crippen molar-refractivity contribution >= 4 is 11.6 Å². The van der Waals surface area contributed by atoms with Crippen molar-refractivity contribution in [2.45, 2.75) is 70.8 Å². The molecular weight excluding hydrogens is 285 g/mol. The van der Waals surface area contributed by atoms with Crippen LogP contribution in [0.2, 0.25) is 5.02 Å². The van der Waals surface area contributed by atoms with Crippen LogP contribution in [0.3, 0.4) is 0 Å². The van der Waals surface area contributed by atoms with Gasteiger partial charge in [-0.1, -0.05) is 69.5 Å². The summed E-state index contributed by atoms with van der Waals surface area (Å²) in [4.78, 5) is 0. The van der Waals surface area contributed by atoms with Crippen LogP contribution in [0.25, 0.3) is 0 Å². The number of nitrogens with one attached hydrogen (secondary N) is 1. The summed E-state index contributed by atoms with van der Waals surface area (Å²) in [5, 5.41) is 3.77. The van der Waals surface area contributed by atoms with Gasteiger partial charge in [0.05, 0.1) is 0 Å². The second-order valence-corrected chi connectivity index (χ2v) is 6.27.